The molecule has 0 radical (unpaired) electrons. The number of hydrogen-bond donors (Lipinski definition) is 1. The average molecular weight is 283 g/mol. The van der Waals surface area contributed by atoms with Crippen molar-refractivity contribution in [2.75, 3.05) is 7.11 Å². The number of aliphatic hydroxyl groups is 1. The summed E-state index contributed by atoms with van der Waals surface area (Å²) in [6.07, 6.45) is 2.83. The summed E-state index contributed by atoms with van der Waals surface area (Å²) < 4.78 is 5.25. The van der Waals surface area contributed by atoms with Gasteiger partial charge >= 0.3 is 0 Å². The van der Waals surface area contributed by atoms with Gasteiger partial charge in [0, 0.05) is 0 Å². The SMILES string of the molecule is COc1cc(C2(O)CCC(C)(C)CC2C)ccc1Cl. The lowest BCUT2D eigenvalue weighted by molar-refractivity contribution is -0.0770. The van der Waals surface area contributed by atoms with Gasteiger partial charge in [0.05, 0.1) is 17.7 Å². The first-order valence-corrected chi connectivity index (χ1v) is 7.23. The van der Waals surface area contributed by atoms with Crippen LogP contribution in [-0.2, 0) is 5.60 Å². The fraction of sp³-hybridized carbons (Fsp3) is 0.625. The third kappa shape index (κ3) is 2.75. The lowest BCUT2D eigenvalue weighted by Gasteiger charge is -2.45. The molecule has 0 aliphatic heterocycles. The molecule has 19 heavy (non-hydrogen) atoms. The molecule has 3 heteroatoms. The van der Waals surface area contributed by atoms with Gasteiger partial charge in [-0.15, -0.1) is 0 Å². The predicted octanol–water partition coefficient (Wildman–Crippen LogP) is 4.38. The van der Waals surface area contributed by atoms with E-state index in [2.05, 4.69) is 20.8 Å². The lowest BCUT2D eigenvalue weighted by atomic mass is 9.63. The maximum absolute atomic E-state index is 11.1. The summed E-state index contributed by atoms with van der Waals surface area (Å²) in [6, 6.07) is 5.59. The van der Waals surface area contributed by atoms with Crippen LogP contribution in [0.4, 0.5) is 0 Å². The van der Waals surface area contributed by atoms with Crippen LogP contribution >= 0.6 is 11.6 Å². The Morgan fingerprint density at radius 2 is 2.00 bits per heavy atom. The van der Waals surface area contributed by atoms with Crippen molar-refractivity contribution < 1.29 is 9.84 Å². The summed E-state index contributed by atoms with van der Waals surface area (Å²) in [5.74, 6) is 0.853. The van der Waals surface area contributed by atoms with Crippen molar-refractivity contribution in [2.24, 2.45) is 11.3 Å². The molecule has 0 spiro atoms. The molecule has 2 atom stereocenters. The number of methoxy groups -OCH3 is 1. The number of hydrogen-bond acceptors (Lipinski definition) is 2. The van der Waals surface area contributed by atoms with E-state index >= 15 is 0 Å². The second-order valence-corrected chi connectivity index (χ2v) is 6.95. The van der Waals surface area contributed by atoms with E-state index in [1.165, 1.54) is 0 Å². The second-order valence-electron chi connectivity index (χ2n) is 6.54. The fourth-order valence-electron chi connectivity index (χ4n) is 3.23. The summed E-state index contributed by atoms with van der Waals surface area (Å²) >= 11 is 6.06. The molecule has 1 N–H and O–H groups in total. The molecule has 1 saturated carbocycles. The Balaban J connectivity index is 2.35. The van der Waals surface area contributed by atoms with Crippen molar-refractivity contribution in [1.82, 2.24) is 0 Å². The minimum absolute atomic E-state index is 0.224. The van der Waals surface area contributed by atoms with Crippen molar-refractivity contribution in [3.8, 4) is 5.75 Å². The number of ether oxygens (including phenoxy) is 1. The molecule has 2 unspecified atom stereocenters. The molecule has 106 valence electrons. The van der Waals surface area contributed by atoms with E-state index in [1.807, 2.05) is 12.1 Å². The highest BCUT2D eigenvalue weighted by atomic mass is 35.5. The zero-order valence-electron chi connectivity index (χ0n) is 12.2. The maximum atomic E-state index is 11.1. The van der Waals surface area contributed by atoms with Gasteiger partial charge in [-0.3, -0.25) is 0 Å². The van der Waals surface area contributed by atoms with Crippen LogP contribution in [0.5, 0.6) is 5.75 Å². The van der Waals surface area contributed by atoms with Crippen molar-refractivity contribution >= 4 is 11.6 Å². The van der Waals surface area contributed by atoms with Crippen LogP contribution in [-0.4, -0.2) is 12.2 Å². The van der Waals surface area contributed by atoms with Crippen LogP contribution in [0, 0.1) is 11.3 Å². The van der Waals surface area contributed by atoms with Gasteiger partial charge in [0.2, 0.25) is 0 Å². The predicted molar refractivity (Wildman–Crippen MR) is 78.7 cm³/mol. The Kier molecular flexibility index (Phi) is 3.85. The van der Waals surface area contributed by atoms with Crippen molar-refractivity contribution in [2.45, 2.75) is 45.6 Å². The lowest BCUT2D eigenvalue weighted by Crippen LogP contribution is -2.41. The summed E-state index contributed by atoms with van der Waals surface area (Å²) in [7, 11) is 1.60. The molecular weight excluding hydrogens is 260 g/mol. The van der Waals surface area contributed by atoms with Crippen molar-refractivity contribution in [3.63, 3.8) is 0 Å². The van der Waals surface area contributed by atoms with Gasteiger partial charge in [-0.1, -0.05) is 38.4 Å². The highest BCUT2D eigenvalue weighted by Crippen LogP contribution is 2.49. The highest BCUT2D eigenvalue weighted by Gasteiger charge is 2.43. The van der Waals surface area contributed by atoms with Crippen LogP contribution < -0.4 is 4.74 Å². The van der Waals surface area contributed by atoms with E-state index < -0.39 is 5.60 Å². The molecule has 1 aromatic rings. The van der Waals surface area contributed by atoms with Crippen molar-refractivity contribution in [1.29, 1.82) is 0 Å². The fourth-order valence-corrected chi connectivity index (χ4v) is 3.43. The number of halogens is 1. The third-order valence-electron chi connectivity index (χ3n) is 4.51. The van der Waals surface area contributed by atoms with Crippen LogP contribution in [0.25, 0.3) is 0 Å². The van der Waals surface area contributed by atoms with E-state index in [0.29, 0.717) is 16.2 Å². The molecule has 1 aromatic carbocycles. The standard InChI is InChI=1S/C16H23ClO2/c1-11-10-15(2,3)7-8-16(11,18)12-5-6-13(17)14(9-12)19-4/h5-6,9,11,18H,7-8,10H2,1-4H3. The van der Waals surface area contributed by atoms with E-state index in [-0.39, 0.29) is 5.92 Å². The third-order valence-corrected chi connectivity index (χ3v) is 4.82. The molecule has 0 aromatic heterocycles. The zero-order valence-corrected chi connectivity index (χ0v) is 12.9. The molecule has 0 bridgehead atoms. The quantitative estimate of drug-likeness (QED) is 0.872. The minimum Gasteiger partial charge on any atom is -0.495 e. The summed E-state index contributed by atoms with van der Waals surface area (Å²) in [4.78, 5) is 0. The van der Waals surface area contributed by atoms with E-state index in [4.69, 9.17) is 16.3 Å². The van der Waals surface area contributed by atoms with Crippen LogP contribution in [0.2, 0.25) is 5.02 Å². The van der Waals surface area contributed by atoms with Gasteiger partial charge in [-0.25, -0.2) is 0 Å². The molecule has 1 aliphatic carbocycles. The molecule has 1 fully saturated rings. The van der Waals surface area contributed by atoms with Gasteiger partial charge in [0.15, 0.2) is 0 Å². The minimum atomic E-state index is -0.770. The first-order chi connectivity index (χ1) is 8.78. The van der Waals surface area contributed by atoms with Gasteiger partial charge in [0.25, 0.3) is 0 Å². The van der Waals surface area contributed by atoms with Gasteiger partial charge in [0.1, 0.15) is 5.75 Å². The average Bonchev–Trinajstić information content (AvgIpc) is 2.34. The van der Waals surface area contributed by atoms with E-state index in [0.717, 1.165) is 24.8 Å². The Bertz CT molecular complexity index is 470. The van der Waals surface area contributed by atoms with E-state index in [1.54, 1.807) is 13.2 Å². The molecule has 1 aliphatic rings. The first kappa shape index (κ1) is 14.7. The molecule has 0 heterocycles. The maximum Gasteiger partial charge on any atom is 0.137 e. The Morgan fingerprint density at radius 3 is 2.58 bits per heavy atom. The van der Waals surface area contributed by atoms with Gasteiger partial charge < -0.3 is 9.84 Å². The molecular formula is C16H23ClO2. The van der Waals surface area contributed by atoms with Gasteiger partial charge in [-0.05, 0) is 48.3 Å². The smallest absolute Gasteiger partial charge is 0.137 e. The molecule has 0 amide bonds. The molecule has 2 nitrogen and oxygen atoms in total. The number of benzene rings is 1. The second kappa shape index (κ2) is 4.99. The Morgan fingerprint density at radius 1 is 1.32 bits per heavy atom. The largest absolute Gasteiger partial charge is 0.495 e. The van der Waals surface area contributed by atoms with Crippen LogP contribution in [0.3, 0.4) is 0 Å². The molecule has 0 saturated heterocycles. The van der Waals surface area contributed by atoms with Crippen molar-refractivity contribution in [3.05, 3.63) is 28.8 Å². The number of rotatable bonds is 2. The van der Waals surface area contributed by atoms with Gasteiger partial charge in [-0.2, -0.15) is 0 Å². The Hall–Kier alpha value is -0.730. The normalized spacial score (nSPS) is 30.1. The summed E-state index contributed by atoms with van der Waals surface area (Å²) in [6.45, 7) is 6.67. The highest BCUT2D eigenvalue weighted by molar-refractivity contribution is 6.32. The monoisotopic (exact) mass is 282 g/mol. The Labute approximate surface area is 120 Å². The van der Waals surface area contributed by atoms with E-state index in [9.17, 15) is 5.11 Å². The molecule has 2 rings (SSSR count). The topological polar surface area (TPSA) is 29.5 Å². The first-order valence-electron chi connectivity index (χ1n) is 6.85. The van der Waals surface area contributed by atoms with Crippen LogP contribution in [0.15, 0.2) is 18.2 Å². The summed E-state index contributed by atoms with van der Waals surface area (Å²) in [5, 5.41) is 11.6. The summed E-state index contributed by atoms with van der Waals surface area (Å²) in [5.41, 5.74) is 0.451. The zero-order chi connectivity index (χ0) is 14.3. The van der Waals surface area contributed by atoms with Crippen LogP contribution in [0.1, 0.15) is 45.6 Å².